The van der Waals surface area contributed by atoms with Crippen molar-refractivity contribution in [2.24, 2.45) is 0 Å². The SMILES string of the molecule is Cc1ccc(-c2cc(CC(=O)Nc3ccc(-c4nc5ccc(C)cc5s4)cc3)no2)cc1. The van der Waals surface area contributed by atoms with Crippen molar-refractivity contribution in [3.05, 3.63) is 89.6 Å². The van der Waals surface area contributed by atoms with Gasteiger partial charge in [0.1, 0.15) is 5.01 Å². The maximum absolute atomic E-state index is 12.5. The number of thiazole rings is 1. The number of rotatable bonds is 5. The number of anilines is 1. The Bertz CT molecular complexity index is 1400. The van der Waals surface area contributed by atoms with Crippen LogP contribution in [0, 0.1) is 13.8 Å². The molecule has 0 aliphatic carbocycles. The van der Waals surface area contributed by atoms with Crippen molar-refractivity contribution < 1.29 is 9.32 Å². The number of nitrogens with one attached hydrogen (secondary N) is 1. The van der Waals surface area contributed by atoms with Gasteiger partial charge in [0.15, 0.2) is 5.76 Å². The summed E-state index contributed by atoms with van der Waals surface area (Å²) in [5, 5.41) is 7.92. The highest BCUT2D eigenvalue weighted by Gasteiger charge is 2.12. The molecule has 0 saturated heterocycles. The molecule has 0 atom stereocenters. The number of hydrogen-bond donors (Lipinski definition) is 1. The van der Waals surface area contributed by atoms with Crippen LogP contribution in [0.15, 0.2) is 77.3 Å². The lowest BCUT2D eigenvalue weighted by atomic mass is 10.1. The molecule has 2 aromatic heterocycles. The van der Waals surface area contributed by atoms with Crippen LogP contribution in [0.4, 0.5) is 5.69 Å². The quantitative estimate of drug-likeness (QED) is 0.343. The smallest absolute Gasteiger partial charge is 0.230 e. The third kappa shape index (κ3) is 4.31. The average molecular weight is 440 g/mol. The van der Waals surface area contributed by atoms with Crippen LogP contribution in [0.3, 0.4) is 0 Å². The monoisotopic (exact) mass is 439 g/mol. The molecule has 3 aromatic carbocycles. The standard InChI is InChI=1S/C26H21N3O2S/c1-16-3-6-18(7-4-16)23-14-21(29-31-23)15-25(30)27-20-10-8-19(9-11-20)26-28-22-12-5-17(2)13-24(22)32-26/h3-14H,15H2,1-2H3,(H,27,30). The van der Waals surface area contributed by atoms with E-state index in [9.17, 15) is 4.79 Å². The van der Waals surface area contributed by atoms with Crippen LogP contribution in [0.1, 0.15) is 16.8 Å². The van der Waals surface area contributed by atoms with Gasteiger partial charge in [-0.25, -0.2) is 4.98 Å². The summed E-state index contributed by atoms with van der Waals surface area (Å²) in [6, 6.07) is 23.8. The van der Waals surface area contributed by atoms with Crippen molar-refractivity contribution in [3.8, 4) is 21.9 Å². The van der Waals surface area contributed by atoms with Gasteiger partial charge in [0, 0.05) is 22.9 Å². The van der Waals surface area contributed by atoms with E-state index >= 15 is 0 Å². The molecule has 0 radical (unpaired) electrons. The van der Waals surface area contributed by atoms with Gasteiger partial charge >= 0.3 is 0 Å². The van der Waals surface area contributed by atoms with Gasteiger partial charge in [0.25, 0.3) is 0 Å². The van der Waals surface area contributed by atoms with E-state index in [1.165, 1.54) is 15.8 Å². The first-order valence-corrected chi connectivity index (χ1v) is 11.2. The Morgan fingerprint density at radius 1 is 0.906 bits per heavy atom. The minimum atomic E-state index is -0.142. The van der Waals surface area contributed by atoms with Crippen molar-refractivity contribution in [1.29, 1.82) is 0 Å². The Hall–Kier alpha value is -3.77. The van der Waals surface area contributed by atoms with E-state index in [1.54, 1.807) is 11.3 Å². The fourth-order valence-electron chi connectivity index (χ4n) is 3.47. The number of carbonyl (C=O) groups excluding carboxylic acids is 1. The molecule has 5 aromatic rings. The summed E-state index contributed by atoms with van der Waals surface area (Å²) in [5.41, 5.74) is 6.71. The lowest BCUT2D eigenvalue weighted by Gasteiger charge is -2.04. The predicted octanol–water partition coefficient (Wildman–Crippen LogP) is 6.42. The molecular formula is C26H21N3O2S. The van der Waals surface area contributed by atoms with Crippen molar-refractivity contribution in [2.75, 3.05) is 5.32 Å². The van der Waals surface area contributed by atoms with Gasteiger partial charge in [-0.15, -0.1) is 11.3 Å². The molecule has 5 rings (SSSR count). The first-order valence-electron chi connectivity index (χ1n) is 10.3. The molecule has 0 bridgehead atoms. The number of fused-ring (bicyclic) bond motifs is 1. The normalized spacial score (nSPS) is 11.1. The minimum absolute atomic E-state index is 0.142. The van der Waals surface area contributed by atoms with Crippen LogP contribution < -0.4 is 5.32 Å². The number of amides is 1. The zero-order chi connectivity index (χ0) is 22.1. The summed E-state index contributed by atoms with van der Waals surface area (Å²) in [6.07, 6.45) is 0.147. The second-order valence-corrected chi connectivity index (χ2v) is 8.87. The van der Waals surface area contributed by atoms with E-state index in [1.807, 2.05) is 67.6 Å². The first kappa shape index (κ1) is 20.2. The molecular weight excluding hydrogens is 418 g/mol. The summed E-state index contributed by atoms with van der Waals surface area (Å²) in [4.78, 5) is 17.2. The zero-order valence-corrected chi connectivity index (χ0v) is 18.6. The predicted molar refractivity (Wildman–Crippen MR) is 129 cm³/mol. The second kappa shape index (κ2) is 8.40. The second-order valence-electron chi connectivity index (χ2n) is 7.84. The van der Waals surface area contributed by atoms with Crippen LogP contribution in [0.25, 0.3) is 32.1 Å². The molecule has 1 amide bonds. The number of hydrogen-bond acceptors (Lipinski definition) is 5. The highest BCUT2D eigenvalue weighted by Crippen LogP contribution is 2.31. The van der Waals surface area contributed by atoms with Gasteiger partial charge in [-0.2, -0.15) is 0 Å². The third-order valence-corrected chi connectivity index (χ3v) is 6.26. The van der Waals surface area contributed by atoms with Crippen LogP contribution in [0.5, 0.6) is 0 Å². The molecule has 0 unspecified atom stereocenters. The lowest BCUT2D eigenvalue weighted by Crippen LogP contribution is -2.14. The van der Waals surface area contributed by atoms with Gasteiger partial charge in [-0.05, 0) is 55.8 Å². The first-order chi connectivity index (χ1) is 15.5. The molecule has 5 nitrogen and oxygen atoms in total. The van der Waals surface area contributed by atoms with E-state index in [4.69, 9.17) is 9.51 Å². The van der Waals surface area contributed by atoms with E-state index in [0.717, 1.165) is 27.3 Å². The Labute approximate surface area is 189 Å². The molecule has 6 heteroatoms. The highest BCUT2D eigenvalue weighted by atomic mass is 32.1. The molecule has 2 heterocycles. The number of aryl methyl sites for hydroxylation is 2. The number of benzene rings is 3. The summed E-state index contributed by atoms with van der Waals surface area (Å²) < 4.78 is 6.58. The minimum Gasteiger partial charge on any atom is -0.356 e. The van der Waals surface area contributed by atoms with Gasteiger partial charge in [-0.3, -0.25) is 4.79 Å². The summed E-state index contributed by atoms with van der Waals surface area (Å²) in [6.45, 7) is 4.12. The Morgan fingerprint density at radius 2 is 1.62 bits per heavy atom. The summed E-state index contributed by atoms with van der Waals surface area (Å²) in [7, 11) is 0. The average Bonchev–Trinajstić information content (AvgIpc) is 3.41. The molecule has 32 heavy (non-hydrogen) atoms. The van der Waals surface area contributed by atoms with Crippen molar-refractivity contribution in [3.63, 3.8) is 0 Å². The molecule has 0 fully saturated rings. The number of nitrogens with zero attached hydrogens (tertiary/aromatic N) is 2. The van der Waals surface area contributed by atoms with Crippen LogP contribution in [0.2, 0.25) is 0 Å². The molecule has 1 N–H and O–H groups in total. The van der Waals surface area contributed by atoms with Crippen molar-refractivity contribution in [2.45, 2.75) is 20.3 Å². The lowest BCUT2D eigenvalue weighted by molar-refractivity contribution is -0.115. The fraction of sp³-hybridized carbons (Fsp3) is 0.115. The number of aromatic nitrogens is 2. The maximum Gasteiger partial charge on any atom is 0.230 e. The molecule has 0 aliphatic rings. The maximum atomic E-state index is 12.5. The van der Waals surface area contributed by atoms with Gasteiger partial charge in [0.05, 0.1) is 22.3 Å². The van der Waals surface area contributed by atoms with E-state index in [-0.39, 0.29) is 12.3 Å². The van der Waals surface area contributed by atoms with Gasteiger partial charge in [-0.1, -0.05) is 41.1 Å². The van der Waals surface area contributed by atoms with E-state index in [0.29, 0.717) is 11.5 Å². The topological polar surface area (TPSA) is 68.0 Å². The van der Waals surface area contributed by atoms with Crippen LogP contribution in [-0.4, -0.2) is 16.0 Å². The zero-order valence-electron chi connectivity index (χ0n) is 17.8. The molecule has 0 spiro atoms. The Kier molecular flexibility index (Phi) is 5.29. The van der Waals surface area contributed by atoms with E-state index in [2.05, 4.69) is 29.5 Å². The molecule has 158 valence electrons. The third-order valence-electron chi connectivity index (χ3n) is 5.20. The fourth-order valence-corrected chi connectivity index (χ4v) is 4.54. The largest absolute Gasteiger partial charge is 0.356 e. The highest BCUT2D eigenvalue weighted by molar-refractivity contribution is 7.21. The summed E-state index contributed by atoms with van der Waals surface area (Å²) >= 11 is 1.67. The van der Waals surface area contributed by atoms with Gasteiger partial charge in [0.2, 0.25) is 5.91 Å². The number of carbonyl (C=O) groups is 1. The van der Waals surface area contributed by atoms with E-state index < -0.39 is 0 Å². The molecule has 0 saturated carbocycles. The van der Waals surface area contributed by atoms with Crippen LogP contribution in [-0.2, 0) is 11.2 Å². The Balaban J connectivity index is 1.24. The summed E-state index contributed by atoms with van der Waals surface area (Å²) in [5.74, 6) is 0.514. The molecule has 0 aliphatic heterocycles. The Morgan fingerprint density at radius 3 is 2.41 bits per heavy atom. The van der Waals surface area contributed by atoms with Crippen molar-refractivity contribution in [1.82, 2.24) is 10.1 Å². The van der Waals surface area contributed by atoms with Gasteiger partial charge < -0.3 is 9.84 Å². The van der Waals surface area contributed by atoms with Crippen molar-refractivity contribution >= 4 is 33.1 Å². The van der Waals surface area contributed by atoms with Crippen LogP contribution >= 0.6 is 11.3 Å².